The first-order valence-corrected chi connectivity index (χ1v) is 6.10. The molecule has 1 aliphatic rings. The molecule has 0 aromatic rings. The molecule has 84 valence electrons. The molecule has 0 radical (unpaired) electrons. The van der Waals surface area contributed by atoms with E-state index in [9.17, 15) is 0 Å². The van der Waals surface area contributed by atoms with Gasteiger partial charge in [0, 0.05) is 18.5 Å². The van der Waals surface area contributed by atoms with Crippen LogP contribution >= 0.6 is 11.6 Å². The smallest absolute Gasteiger partial charge is 0.0597 e. The van der Waals surface area contributed by atoms with Gasteiger partial charge in [-0.3, -0.25) is 4.90 Å². The number of ether oxygens (including phenoxy) is 1. The Morgan fingerprint density at radius 3 is 2.79 bits per heavy atom. The molecule has 2 atom stereocenters. The molecule has 1 heterocycles. The summed E-state index contributed by atoms with van der Waals surface area (Å²) in [6.07, 6.45) is 1.61. The Balaban J connectivity index is 2.23. The summed E-state index contributed by atoms with van der Waals surface area (Å²) in [6.45, 7) is 9.48. The third-order valence-electron chi connectivity index (χ3n) is 2.99. The Morgan fingerprint density at radius 1 is 1.50 bits per heavy atom. The lowest BCUT2D eigenvalue weighted by Gasteiger charge is -2.25. The molecule has 0 aromatic carbocycles. The van der Waals surface area contributed by atoms with Gasteiger partial charge in [0.05, 0.1) is 12.7 Å². The van der Waals surface area contributed by atoms with Crippen LogP contribution in [-0.4, -0.2) is 42.6 Å². The predicted molar refractivity (Wildman–Crippen MR) is 61.0 cm³/mol. The largest absolute Gasteiger partial charge is 0.377 e. The molecule has 1 aliphatic heterocycles. The second kappa shape index (κ2) is 5.94. The first kappa shape index (κ1) is 12.3. The van der Waals surface area contributed by atoms with Crippen molar-refractivity contribution in [3.05, 3.63) is 0 Å². The summed E-state index contributed by atoms with van der Waals surface area (Å²) in [5, 5.41) is 0. The van der Waals surface area contributed by atoms with Gasteiger partial charge in [-0.25, -0.2) is 0 Å². The number of rotatable bonds is 5. The van der Waals surface area contributed by atoms with E-state index >= 15 is 0 Å². The molecule has 3 heteroatoms. The molecule has 14 heavy (non-hydrogen) atoms. The molecule has 0 spiro atoms. The SMILES string of the molecule is CC(C)OCCN1CCC(C)C1CCl. The lowest BCUT2D eigenvalue weighted by Crippen LogP contribution is -2.36. The number of nitrogens with zero attached hydrogens (tertiary/aromatic N) is 1. The van der Waals surface area contributed by atoms with Crippen LogP contribution < -0.4 is 0 Å². The Labute approximate surface area is 92.6 Å². The van der Waals surface area contributed by atoms with Gasteiger partial charge in [-0.05, 0) is 32.7 Å². The van der Waals surface area contributed by atoms with Gasteiger partial charge in [-0.1, -0.05) is 6.92 Å². The Morgan fingerprint density at radius 2 is 2.21 bits per heavy atom. The molecule has 2 nitrogen and oxygen atoms in total. The van der Waals surface area contributed by atoms with E-state index in [1.165, 1.54) is 13.0 Å². The van der Waals surface area contributed by atoms with E-state index in [1.807, 2.05) is 0 Å². The molecular formula is C11H22ClNO. The maximum Gasteiger partial charge on any atom is 0.0597 e. The third-order valence-corrected chi connectivity index (χ3v) is 3.30. The van der Waals surface area contributed by atoms with Gasteiger partial charge in [0.25, 0.3) is 0 Å². The average molecular weight is 220 g/mol. The van der Waals surface area contributed by atoms with Crippen molar-refractivity contribution >= 4 is 11.6 Å². The number of likely N-dealkylation sites (tertiary alicyclic amines) is 1. The average Bonchev–Trinajstić information content (AvgIpc) is 2.46. The van der Waals surface area contributed by atoms with Crippen LogP contribution in [0.25, 0.3) is 0 Å². The van der Waals surface area contributed by atoms with Crippen molar-refractivity contribution in [1.29, 1.82) is 0 Å². The van der Waals surface area contributed by atoms with Gasteiger partial charge in [-0.2, -0.15) is 0 Å². The maximum absolute atomic E-state index is 5.96. The van der Waals surface area contributed by atoms with Gasteiger partial charge < -0.3 is 4.74 Å². The molecule has 0 bridgehead atoms. The zero-order valence-electron chi connectivity index (χ0n) is 9.50. The summed E-state index contributed by atoms with van der Waals surface area (Å²) in [7, 11) is 0. The van der Waals surface area contributed by atoms with Gasteiger partial charge in [0.15, 0.2) is 0 Å². The van der Waals surface area contributed by atoms with Crippen LogP contribution in [0, 0.1) is 5.92 Å². The molecule has 1 saturated heterocycles. The fraction of sp³-hybridized carbons (Fsp3) is 1.00. The van der Waals surface area contributed by atoms with Crippen LogP contribution in [0.2, 0.25) is 0 Å². The third kappa shape index (κ3) is 3.41. The minimum atomic E-state index is 0.337. The van der Waals surface area contributed by atoms with Crippen molar-refractivity contribution in [2.45, 2.75) is 39.3 Å². The van der Waals surface area contributed by atoms with Crippen LogP contribution in [0.5, 0.6) is 0 Å². The van der Waals surface area contributed by atoms with Crippen molar-refractivity contribution in [2.75, 3.05) is 25.6 Å². The van der Waals surface area contributed by atoms with E-state index < -0.39 is 0 Å². The lowest BCUT2D eigenvalue weighted by molar-refractivity contribution is 0.0565. The Kier molecular flexibility index (Phi) is 5.21. The van der Waals surface area contributed by atoms with Crippen molar-refractivity contribution in [1.82, 2.24) is 4.90 Å². The number of halogens is 1. The van der Waals surface area contributed by atoms with E-state index in [0.717, 1.165) is 24.9 Å². The fourth-order valence-electron chi connectivity index (χ4n) is 2.02. The normalized spacial score (nSPS) is 28.9. The van der Waals surface area contributed by atoms with Crippen LogP contribution in [0.1, 0.15) is 27.2 Å². The minimum absolute atomic E-state index is 0.337. The molecule has 0 saturated carbocycles. The molecule has 1 rings (SSSR count). The molecule has 0 aliphatic carbocycles. The highest BCUT2D eigenvalue weighted by Crippen LogP contribution is 2.24. The van der Waals surface area contributed by atoms with Crippen LogP contribution in [0.3, 0.4) is 0 Å². The van der Waals surface area contributed by atoms with Crippen molar-refractivity contribution in [3.8, 4) is 0 Å². The minimum Gasteiger partial charge on any atom is -0.377 e. The van der Waals surface area contributed by atoms with Crippen LogP contribution in [0.15, 0.2) is 0 Å². The summed E-state index contributed by atoms with van der Waals surface area (Å²) in [4.78, 5) is 2.46. The quantitative estimate of drug-likeness (QED) is 0.659. The molecule has 0 aromatic heterocycles. The predicted octanol–water partition coefficient (Wildman–Crippen LogP) is 2.36. The topological polar surface area (TPSA) is 12.5 Å². The van der Waals surface area contributed by atoms with E-state index in [0.29, 0.717) is 12.1 Å². The summed E-state index contributed by atoms with van der Waals surface area (Å²) in [5.74, 6) is 1.49. The molecule has 0 amide bonds. The zero-order valence-corrected chi connectivity index (χ0v) is 10.3. The number of hydrogen-bond donors (Lipinski definition) is 0. The van der Waals surface area contributed by atoms with Gasteiger partial charge >= 0.3 is 0 Å². The molecule has 0 N–H and O–H groups in total. The van der Waals surface area contributed by atoms with E-state index in [1.54, 1.807) is 0 Å². The van der Waals surface area contributed by atoms with E-state index in [2.05, 4.69) is 25.7 Å². The maximum atomic E-state index is 5.96. The highest BCUT2D eigenvalue weighted by Gasteiger charge is 2.29. The first-order valence-electron chi connectivity index (χ1n) is 5.56. The Bertz CT molecular complexity index is 163. The van der Waals surface area contributed by atoms with Crippen molar-refractivity contribution < 1.29 is 4.74 Å². The summed E-state index contributed by atoms with van der Waals surface area (Å²) in [5.41, 5.74) is 0. The van der Waals surface area contributed by atoms with E-state index in [-0.39, 0.29) is 0 Å². The Hall–Kier alpha value is 0.210. The van der Waals surface area contributed by atoms with Crippen molar-refractivity contribution in [3.63, 3.8) is 0 Å². The van der Waals surface area contributed by atoms with Crippen molar-refractivity contribution in [2.24, 2.45) is 5.92 Å². The monoisotopic (exact) mass is 219 g/mol. The van der Waals surface area contributed by atoms with Gasteiger partial charge in [0.1, 0.15) is 0 Å². The van der Waals surface area contributed by atoms with Crippen LogP contribution in [0.4, 0.5) is 0 Å². The molecule has 1 fully saturated rings. The molecular weight excluding hydrogens is 198 g/mol. The number of alkyl halides is 1. The lowest BCUT2D eigenvalue weighted by atomic mass is 10.1. The summed E-state index contributed by atoms with van der Waals surface area (Å²) in [6, 6.07) is 0.562. The van der Waals surface area contributed by atoms with E-state index in [4.69, 9.17) is 16.3 Å². The van der Waals surface area contributed by atoms with Crippen LogP contribution in [-0.2, 0) is 4.74 Å². The highest BCUT2D eigenvalue weighted by molar-refractivity contribution is 6.18. The van der Waals surface area contributed by atoms with Gasteiger partial charge in [-0.15, -0.1) is 11.6 Å². The standard InChI is InChI=1S/C11H22ClNO/c1-9(2)14-7-6-13-5-4-10(3)11(13)8-12/h9-11H,4-8H2,1-3H3. The second-order valence-corrected chi connectivity index (χ2v) is 4.75. The highest BCUT2D eigenvalue weighted by atomic mass is 35.5. The number of hydrogen-bond acceptors (Lipinski definition) is 2. The first-order chi connectivity index (χ1) is 6.65. The zero-order chi connectivity index (χ0) is 10.6. The van der Waals surface area contributed by atoms with Gasteiger partial charge in [0.2, 0.25) is 0 Å². The fourth-order valence-corrected chi connectivity index (χ4v) is 2.52. The summed E-state index contributed by atoms with van der Waals surface area (Å²) >= 11 is 5.96. The molecule has 2 unspecified atom stereocenters. The summed E-state index contributed by atoms with van der Waals surface area (Å²) < 4.78 is 5.55. The second-order valence-electron chi connectivity index (χ2n) is 4.44.